The fourth-order valence-corrected chi connectivity index (χ4v) is 5.18. The van der Waals surface area contributed by atoms with Crippen molar-refractivity contribution >= 4 is 23.7 Å². The van der Waals surface area contributed by atoms with Crippen LogP contribution in [0.15, 0.2) is 54.4 Å². The summed E-state index contributed by atoms with van der Waals surface area (Å²) in [5.41, 5.74) is 0.861. The quantitative estimate of drug-likeness (QED) is 0.618. The number of hydrogen-bond donors (Lipinski definition) is 0. The van der Waals surface area contributed by atoms with Gasteiger partial charge in [0.05, 0.1) is 13.2 Å². The number of benzene rings is 1. The third kappa shape index (κ3) is 5.11. The summed E-state index contributed by atoms with van der Waals surface area (Å²) < 4.78 is 11.4. The SMILES string of the molecule is COc1ccc(/C=C2\OC3CCCCC3N(CC(=O)N3CCN(c4ccccn4)CC3)C2=O)cc1. The van der Waals surface area contributed by atoms with E-state index in [1.165, 1.54) is 0 Å². The molecule has 35 heavy (non-hydrogen) atoms. The largest absolute Gasteiger partial charge is 0.497 e. The van der Waals surface area contributed by atoms with Gasteiger partial charge in [0.15, 0.2) is 5.76 Å². The standard InChI is InChI=1S/C27H32N4O4/c1-34-21-11-9-20(10-12-21)18-24-27(33)31(22-6-2-3-7-23(22)35-24)19-26(32)30-16-14-29(15-17-30)25-8-4-5-13-28-25/h4-5,8-13,18,22-23H,2-3,6-7,14-17,19H2,1H3/b24-18-. The van der Waals surface area contributed by atoms with E-state index in [2.05, 4.69) is 9.88 Å². The molecule has 3 aliphatic rings. The maximum absolute atomic E-state index is 13.5. The number of nitrogens with zero attached hydrogens (tertiary/aromatic N) is 4. The summed E-state index contributed by atoms with van der Waals surface area (Å²) in [4.78, 5) is 37.0. The van der Waals surface area contributed by atoms with E-state index in [0.29, 0.717) is 18.8 Å². The van der Waals surface area contributed by atoms with E-state index in [1.54, 1.807) is 24.3 Å². The first kappa shape index (κ1) is 23.2. The minimum Gasteiger partial charge on any atom is -0.497 e. The summed E-state index contributed by atoms with van der Waals surface area (Å²) in [5.74, 6) is 1.79. The van der Waals surface area contributed by atoms with E-state index in [4.69, 9.17) is 9.47 Å². The van der Waals surface area contributed by atoms with Gasteiger partial charge in [-0.15, -0.1) is 0 Å². The number of aromatic nitrogens is 1. The highest BCUT2D eigenvalue weighted by Gasteiger charge is 2.42. The van der Waals surface area contributed by atoms with Crippen LogP contribution < -0.4 is 9.64 Å². The first-order chi connectivity index (χ1) is 17.1. The molecule has 0 spiro atoms. The number of carbonyl (C=O) groups excluding carboxylic acids is 2. The third-order valence-corrected chi connectivity index (χ3v) is 7.14. The highest BCUT2D eigenvalue weighted by molar-refractivity contribution is 5.98. The maximum atomic E-state index is 13.5. The number of pyridine rings is 1. The summed E-state index contributed by atoms with van der Waals surface area (Å²) in [6.07, 6.45) is 7.37. The van der Waals surface area contributed by atoms with Crippen LogP contribution in [-0.4, -0.2) is 78.6 Å². The third-order valence-electron chi connectivity index (χ3n) is 7.14. The summed E-state index contributed by atoms with van der Waals surface area (Å²) in [6, 6.07) is 13.3. The molecule has 1 aliphatic carbocycles. The molecular formula is C27H32N4O4. The molecule has 1 aromatic carbocycles. The Morgan fingerprint density at radius 2 is 1.86 bits per heavy atom. The summed E-state index contributed by atoms with van der Waals surface area (Å²) >= 11 is 0. The fourth-order valence-electron chi connectivity index (χ4n) is 5.18. The normalized spacial score (nSPS) is 23.6. The van der Waals surface area contributed by atoms with E-state index in [1.807, 2.05) is 47.4 Å². The summed E-state index contributed by atoms with van der Waals surface area (Å²) in [6.45, 7) is 2.79. The smallest absolute Gasteiger partial charge is 0.289 e. The average Bonchev–Trinajstić information content (AvgIpc) is 2.92. The Morgan fingerprint density at radius 3 is 2.57 bits per heavy atom. The average molecular weight is 477 g/mol. The van der Waals surface area contributed by atoms with Crippen LogP contribution in [0, 0.1) is 0 Å². The van der Waals surface area contributed by atoms with Crippen molar-refractivity contribution < 1.29 is 19.1 Å². The topological polar surface area (TPSA) is 75.2 Å². The molecular weight excluding hydrogens is 444 g/mol. The number of piperazine rings is 1. The predicted octanol–water partition coefficient (Wildman–Crippen LogP) is 2.95. The zero-order valence-corrected chi connectivity index (χ0v) is 20.1. The second-order valence-electron chi connectivity index (χ2n) is 9.28. The number of amides is 2. The molecule has 8 nitrogen and oxygen atoms in total. The van der Waals surface area contributed by atoms with Gasteiger partial charge in [0.2, 0.25) is 5.91 Å². The van der Waals surface area contributed by atoms with Crippen molar-refractivity contribution in [3.8, 4) is 5.75 Å². The molecule has 8 heteroatoms. The van der Waals surface area contributed by atoms with Gasteiger partial charge in [-0.1, -0.05) is 24.6 Å². The van der Waals surface area contributed by atoms with Crippen LogP contribution in [-0.2, 0) is 14.3 Å². The number of carbonyl (C=O) groups is 2. The zero-order valence-electron chi connectivity index (χ0n) is 20.1. The van der Waals surface area contributed by atoms with E-state index < -0.39 is 0 Å². The molecule has 2 saturated heterocycles. The fraction of sp³-hybridized carbons (Fsp3) is 0.444. The lowest BCUT2D eigenvalue weighted by Crippen LogP contribution is -2.58. The lowest BCUT2D eigenvalue weighted by Gasteiger charge is -2.45. The number of anilines is 1. The lowest BCUT2D eigenvalue weighted by atomic mass is 9.89. The Hall–Kier alpha value is -3.55. The Bertz CT molecular complexity index is 1060. The van der Waals surface area contributed by atoms with Crippen molar-refractivity contribution in [3.05, 3.63) is 60.0 Å². The second-order valence-corrected chi connectivity index (χ2v) is 9.28. The highest BCUT2D eigenvalue weighted by Crippen LogP contribution is 2.33. The van der Waals surface area contributed by atoms with Gasteiger partial charge in [-0.3, -0.25) is 9.59 Å². The van der Waals surface area contributed by atoms with Crippen molar-refractivity contribution in [1.29, 1.82) is 0 Å². The number of fused-ring (bicyclic) bond motifs is 1. The van der Waals surface area contributed by atoms with Crippen molar-refractivity contribution in [2.45, 2.75) is 37.8 Å². The van der Waals surface area contributed by atoms with Gasteiger partial charge in [-0.05, 0) is 55.2 Å². The van der Waals surface area contributed by atoms with Crippen LogP contribution >= 0.6 is 0 Å². The second kappa shape index (κ2) is 10.4. The molecule has 5 rings (SSSR count). The van der Waals surface area contributed by atoms with E-state index >= 15 is 0 Å². The first-order valence-electron chi connectivity index (χ1n) is 12.4. The van der Waals surface area contributed by atoms with E-state index in [-0.39, 0.29) is 30.5 Å². The summed E-state index contributed by atoms with van der Waals surface area (Å²) in [7, 11) is 1.62. The van der Waals surface area contributed by atoms with Crippen LogP contribution in [0.25, 0.3) is 6.08 Å². The highest BCUT2D eigenvalue weighted by atomic mass is 16.5. The minimum atomic E-state index is -0.204. The minimum absolute atomic E-state index is 0.00552. The van der Waals surface area contributed by atoms with Gasteiger partial charge < -0.3 is 24.2 Å². The van der Waals surface area contributed by atoms with E-state index in [9.17, 15) is 9.59 Å². The Morgan fingerprint density at radius 1 is 1.09 bits per heavy atom. The van der Waals surface area contributed by atoms with Crippen LogP contribution in [0.5, 0.6) is 5.75 Å². The Balaban J connectivity index is 1.28. The molecule has 3 fully saturated rings. The molecule has 2 atom stereocenters. The van der Waals surface area contributed by atoms with Crippen molar-refractivity contribution in [2.75, 3.05) is 44.7 Å². The van der Waals surface area contributed by atoms with Crippen LogP contribution in [0.3, 0.4) is 0 Å². The molecule has 0 radical (unpaired) electrons. The molecule has 3 heterocycles. The maximum Gasteiger partial charge on any atom is 0.289 e. The molecule has 2 aromatic rings. The van der Waals surface area contributed by atoms with Crippen LogP contribution in [0.2, 0.25) is 0 Å². The van der Waals surface area contributed by atoms with Crippen molar-refractivity contribution in [1.82, 2.24) is 14.8 Å². The molecule has 0 bridgehead atoms. The predicted molar refractivity (Wildman–Crippen MR) is 133 cm³/mol. The Labute approximate surface area is 206 Å². The number of rotatable bonds is 5. The lowest BCUT2D eigenvalue weighted by molar-refractivity contribution is -0.154. The molecule has 2 aliphatic heterocycles. The first-order valence-corrected chi connectivity index (χ1v) is 12.4. The van der Waals surface area contributed by atoms with Crippen molar-refractivity contribution in [3.63, 3.8) is 0 Å². The zero-order chi connectivity index (χ0) is 24.2. The van der Waals surface area contributed by atoms with E-state index in [0.717, 1.165) is 55.9 Å². The molecule has 2 amide bonds. The van der Waals surface area contributed by atoms with Gasteiger partial charge >= 0.3 is 0 Å². The molecule has 1 aromatic heterocycles. The number of methoxy groups -OCH3 is 1. The molecule has 184 valence electrons. The number of morpholine rings is 1. The Kier molecular flexibility index (Phi) is 6.88. The molecule has 1 saturated carbocycles. The monoisotopic (exact) mass is 476 g/mol. The van der Waals surface area contributed by atoms with Gasteiger partial charge in [0.1, 0.15) is 24.2 Å². The van der Waals surface area contributed by atoms with Gasteiger partial charge in [-0.2, -0.15) is 0 Å². The summed E-state index contributed by atoms with van der Waals surface area (Å²) in [5, 5.41) is 0. The van der Waals surface area contributed by atoms with Gasteiger partial charge in [0, 0.05) is 32.4 Å². The van der Waals surface area contributed by atoms with Crippen molar-refractivity contribution in [2.24, 2.45) is 0 Å². The van der Waals surface area contributed by atoms with Crippen LogP contribution in [0.4, 0.5) is 5.82 Å². The van der Waals surface area contributed by atoms with Gasteiger partial charge in [-0.25, -0.2) is 4.98 Å². The molecule has 0 N–H and O–H groups in total. The van der Waals surface area contributed by atoms with Crippen LogP contribution in [0.1, 0.15) is 31.2 Å². The number of ether oxygens (including phenoxy) is 2. The van der Waals surface area contributed by atoms with Gasteiger partial charge in [0.25, 0.3) is 5.91 Å². The molecule has 2 unspecified atom stereocenters. The number of hydrogen-bond acceptors (Lipinski definition) is 6.